The number of ether oxygens (including phenoxy) is 1. The van der Waals surface area contributed by atoms with E-state index in [0.29, 0.717) is 24.9 Å². The molecule has 1 aromatic heterocycles. The van der Waals surface area contributed by atoms with Crippen LogP contribution in [0.15, 0.2) is 41.0 Å². The Morgan fingerprint density at radius 1 is 1.24 bits per heavy atom. The van der Waals surface area contributed by atoms with E-state index in [-0.39, 0.29) is 0 Å². The number of nitrogens with zero attached hydrogens (tertiary/aromatic N) is 1. The van der Waals surface area contributed by atoms with Gasteiger partial charge >= 0.3 is 6.08 Å². The quantitative estimate of drug-likeness (QED) is 0.775. The minimum atomic E-state index is 0.304. The molecule has 0 unspecified atom stereocenters. The monoisotopic (exact) mass is 232 g/mol. The van der Waals surface area contributed by atoms with Gasteiger partial charge < -0.3 is 14.9 Å². The average molecular weight is 232 g/mol. The van der Waals surface area contributed by atoms with Gasteiger partial charge in [-0.2, -0.15) is 4.98 Å². The molecule has 0 bridgehead atoms. The summed E-state index contributed by atoms with van der Waals surface area (Å²) < 4.78 is 10.5. The first-order valence-electron chi connectivity index (χ1n) is 5.69. The van der Waals surface area contributed by atoms with Crippen LogP contribution in [0.25, 0.3) is 0 Å². The highest BCUT2D eigenvalue weighted by Crippen LogP contribution is 2.10. The smallest absolute Gasteiger partial charge is 0.393 e. The van der Waals surface area contributed by atoms with E-state index in [1.54, 1.807) is 0 Å². The van der Waals surface area contributed by atoms with E-state index in [1.807, 2.05) is 18.2 Å². The summed E-state index contributed by atoms with van der Waals surface area (Å²) in [6, 6.07) is 10.3. The zero-order valence-electron chi connectivity index (χ0n) is 9.63. The molecule has 2 rings (SSSR count). The van der Waals surface area contributed by atoms with E-state index in [1.165, 1.54) is 11.8 Å². The van der Waals surface area contributed by atoms with E-state index in [4.69, 9.17) is 14.9 Å². The molecule has 2 N–H and O–H groups in total. The van der Waals surface area contributed by atoms with Crippen molar-refractivity contribution in [2.75, 3.05) is 6.61 Å². The van der Waals surface area contributed by atoms with Crippen molar-refractivity contribution < 1.29 is 9.15 Å². The van der Waals surface area contributed by atoms with Crippen molar-refractivity contribution in [3.63, 3.8) is 0 Å². The van der Waals surface area contributed by atoms with Crippen LogP contribution in [0, 0.1) is 0 Å². The highest BCUT2D eigenvalue weighted by atomic mass is 16.6. The number of benzene rings is 1. The molecular weight excluding hydrogens is 216 g/mol. The van der Waals surface area contributed by atoms with Crippen LogP contribution in [-0.2, 0) is 13.0 Å². The van der Waals surface area contributed by atoms with E-state index in [2.05, 4.69) is 17.1 Å². The topological polar surface area (TPSA) is 61.3 Å². The Morgan fingerprint density at radius 2 is 2.06 bits per heavy atom. The van der Waals surface area contributed by atoms with Crippen LogP contribution >= 0.6 is 0 Å². The molecule has 1 heterocycles. The first-order chi connectivity index (χ1) is 8.38. The number of aryl methyl sites for hydroxylation is 1. The van der Waals surface area contributed by atoms with Gasteiger partial charge in [0.1, 0.15) is 6.26 Å². The molecule has 0 saturated heterocycles. The number of hydrogen-bond acceptors (Lipinski definition) is 4. The lowest BCUT2D eigenvalue weighted by atomic mass is 10.1. The van der Waals surface area contributed by atoms with Crippen molar-refractivity contribution in [1.82, 2.24) is 4.98 Å². The van der Waals surface area contributed by atoms with Crippen molar-refractivity contribution >= 4 is 0 Å². The van der Waals surface area contributed by atoms with Gasteiger partial charge in [-0.15, -0.1) is 0 Å². The third kappa shape index (κ3) is 3.60. The molecule has 0 atom stereocenters. The van der Waals surface area contributed by atoms with Crippen molar-refractivity contribution in [2.45, 2.75) is 19.4 Å². The SMILES string of the molecule is NCc1coc(OCCCc2ccccc2)n1. The van der Waals surface area contributed by atoms with E-state index in [9.17, 15) is 0 Å². The molecular formula is C13H16N2O2. The Labute approximate surface area is 100 Å². The first kappa shape index (κ1) is 11.7. The maximum Gasteiger partial charge on any atom is 0.393 e. The van der Waals surface area contributed by atoms with E-state index in [0.717, 1.165) is 12.8 Å². The highest BCUT2D eigenvalue weighted by Gasteiger charge is 2.02. The Balaban J connectivity index is 1.69. The lowest BCUT2D eigenvalue weighted by Crippen LogP contribution is -2.00. The number of nitrogens with two attached hydrogens (primary N) is 1. The number of hydrogen-bond donors (Lipinski definition) is 1. The molecule has 4 nitrogen and oxygen atoms in total. The maximum absolute atomic E-state index is 5.42. The second-order valence-electron chi connectivity index (χ2n) is 3.75. The standard InChI is InChI=1S/C13H16N2O2/c14-9-12-10-17-13(15-12)16-8-4-7-11-5-2-1-3-6-11/h1-3,5-6,10H,4,7-9,14H2. The van der Waals surface area contributed by atoms with E-state index >= 15 is 0 Å². The van der Waals surface area contributed by atoms with Crippen LogP contribution in [-0.4, -0.2) is 11.6 Å². The zero-order valence-corrected chi connectivity index (χ0v) is 9.63. The Hall–Kier alpha value is -1.81. The summed E-state index contributed by atoms with van der Waals surface area (Å²) in [4.78, 5) is 4.06. The normalized spacial score (nSPS) is 10.4. The van der Waals surface area contributed by atoms with Crippen molar-refractivity contribution in [2.24, 2.45) is 5.73 Å². The van der Waals surface area contributed by atoms with Crippen molar-refractivity contribution in [3.8, 4) is 6.08 Å². The Bertz CT molecular complexity index is 440. The summed E-state index contributed by atoms with van der Waals surface area (Å²) in [7, 11) is 0. The summed E-state index contributed by atoms with van der Waals surface area (Å²) in [5.41, 5.74) is 7.44. The molecule has 2 aromatic rings. The summed E-state index contributed by atoms with van der Waals surface area (Å²) in [6.45, 7) is 0.969. The predicted molar refractivity (Wildman–Crippen MR) is 64.7 cm³/mol. The number of oxazole rings is 1. The van der Waals surface area contributed by atoms with Gasteiger partial charge in [-0.3, -0.25) is 0 Å². The van der Waals surface area contributed by atoms with Gasteiger partial charge in [0.2, 0.25) is 0 Å². The fraction of sp³-hybridized carbons (Fsp3) is 0.308. The Morgan fingerprint density at radius 3 is 2.76 bits per heavy atom. The fourth-order valence-electron chi connectivity index (χ4n) is 1.53. The third-order valence-corrected chi connectivity index (χ3v) is 2.42. The molecule has 0 aliphatic heterocycles. The lowest BCUT2D eigenvalue weighted by Gasteiger charge is -2.01. The Kier molecular flexibility index (Phi) is 4.16. The second-order valence-corrected chi connectivity index (χ2v) is 3.75. The van der Waals surface area contributed by atoms with Crippen LogP contribution in [0.5, 0.6) is 6.08 Å². The fourth-order valence-corrected chi connectivity index (χ4v) is 1.53. The van der Waals surface area contributed by atoms with Gasteiger partial charge in [0.15, 0.2) is 0 Å². The maximum atomic E-state index is 5.42. The van der Waals surface area contributed by atoms with Crippen molar-refractivity contribution in [1.29, 1.82) is 0 Å². The second kappa shape index (κ2) is 6.06. The minimum absolute atomic E-state index is 0.304. The average Bonchev–Trinajstić information content (AvgIpc) is 2.84. The highest BCUT2D eigenvalue weighted by molar-refractivity contribution is 5.14. The molecule has 0 aliphatic carbocycles. The number of aromatic nitrogens is 1. The molecule has 0 spiro atoms. The lowest BCUT2D eigenvalue weighted by molar-refractivity contribution is 0.227. The summed E-state index contributed by atoms with van der Waals surface area (Å²) in [5.74, 6) is 0. The zero-order chi connectivity index (χ0) is 11.9. The molecule has 0 amide bonds. The first-order valence-corrected chi connectivity index (χ1v) is 5.69. The third-order valence-electron chi connectivity index (χ3n) is 2.42. The summed E-state index contributed by atoms with van der Waals surface area (Å²) in [6.07, 6.45) is 3.75. The molecule has 0 aliphatic rings. The van der Waals surface area contributed by atoms with Gasteiger partial charge in [0, 0.05) is 6.54 Å². The number of rotatable bonds is 6. The van der Waals surface area contributed by atoms with Gasteiger partial charge in [-0.05, 0) is 18.4 Å². The van der Waals surface area contributed by atoms with E-state index < -0.39 is 0 Å². The van der Waals surface area contributed by atoms with Gasteiger partial charge in [0.25, 0.3) is 0 Å². The van der Waals surface area contributed by atoms with Crippen LogP contribution in [0.4, 0.5) is 0 Å². The van der Waals surface area contributed by atoms with Gasteiger partial charge in [-0.1, -0.05) is 30.3 Å². The molecule has 0 radical (unpaired) electrons. The van der Waals surface area contributed by atoms with Crippen LogP contribution in [0.1, 0.15) is 17.7 Å². The summed E-state index contributed by atoms with van der Waals surface area (Å²) in [5, 5.41) is 0. The summed E-state index contributed by atoms with van der Waals surface area (Å²) >= 11 is 0. The van der Waals surface area contributed by atoms with Crippen LogP contribution < -0.4 is 10.5 Å². The largest absolute Gasteiger partial charge is 0.450 e. The molecule has 1 aromatic carbocycles. The van der Waals surface area contributed by atoms with Gasteiger partial charge in [0.05, 0.1) is 12.3 Å². The minimum Gasteiger partial charge on any atom is -0.450 e. The molecule has 90 valence electrons. The molecule has 17 heavy (non-hydrogen) atoms. The van der Waals surface area contributed by atoms with Crippen molar-refractivity contribution in [3.05, 3.63) is 47.9 Å². The molecule has 0 saturated carbocycles. The van der Waals surface area contributed by atoms with Crippen LogP contribution in [0.2, 0.25) is 0 Å². The molecule has 4 heteroatoms. The molecule has 0 fully saturated rings. The van der Waals surface area contributed by atoms with Gasteiger partial charge in [-0.25, -0.2) is 0 Å². The predicted octanol–water partition coefficient (Wildman–Crippen LogP) is 2.14. The van der Waals surface area contributed by atoms with Crippen LogP contribution in [0.3, 0.4) is 0 Å².